The van der Waals surface area contributed by atoms with Crippen LogP contribution in [0.3, 0.4) is 0 Å². The molecule has 4 heteroatoms. The fourth-order valence-electron chi connectivity index (χ4n) is 2.85. The molecule has 0 N–H and O–H groups in total. The number of nitrogens with zero attached hydrogens (tertiary/aromatic N) is 3. The molecule has 0 spiro atoms. The molecule has 0 radical (unpaired) electrons. The van der Waals surface area contributed by atoms with E-state index in [0.717, 1.165) is 33.8 Å². The molecule has 2 aromatic heterocycles. The van der Waals surface area contributed by atoms with Crippen molar-refractivity contribution in [3.63, 3.8) is 0 Å². The molecule has 26 heavy (non-hydrogen) atoms. The highest BCUT2D eigenvalue weighted by atomic mass is 19.1. The van der Waals surface area contributed by atoms with Crippen LogP contribution in [0, 0.1) is 5.82 Å². The van der Waals surface area contributed by atoms with Crippen LogP contribution < -0.4 is 0 Å². The average molecular weight is 341 g/mol. The van der Waals surface area contributed by atoms with Crippen LogP contribution in [0.1, 0.15) is 11.4 Å². The number of hydrogen-bond acceptors (Lipinski definition) is 3. The summed E-state index contributed by atoms with van der Waals surface area (Å²) in [6, 6.07) is 20.3. The van der Waals surface area contributed by atoms with Crippen LogP contribution in [0.5, 0.6) is 0 Å². The van der Waals surface area contributed by atoms with Crippen molar-refractivity contribution in [1.29, 1.82) is 0 Å². The highest BCUT2D eigenvalue weighted by Gasteiger charge is 2.12. The van der Waals surface area contributed by atoms with Gasteiger partial charge in [0.05, 0.1) is 5.69 Å². The number of halogens is 1. The van der Waals surface area contributed by atoms with Crippen molar-refractivity contribution in [2.75, 3.05) is 0 Å². The van der Waals surface area contributed by atoms with Crippen molar-refractivity contribution in [1.82, 2.24) is 15.0 Å². The van der Waals surface area contributed by atoms with Gasteiger partial charge in [-0.25, -0.2) is 14.4 Å². The lowest BCUT2D eigenvalue weighted by Gasteiger charge is -2.11. The third kappa shape index (κ3) is 3.49. The molecule has 0 saturated heterocycles. The first kappa shape index (κ1) is 16.1. The van der Waals surface area contributed by atoms with Crippen molar-refractivity contribution < 1.29 is 4.39 Å². The van der Waals surface area contributed by atoms with Crippen LogP contribution in [0.25, 0.3) is 22.4 Å². The van der Waals surface area contributed by atoms with Gasteiger partial charge in [0, 0.05) is 36.1 Å². The van der Waals surface area contributed by atoms with Gasteiger partial charge >= 0.3 is 0 Å². The van der Waals surface area contributed by atoms with Crippen LogP contribution >= 0.6 is 0 Å². The van der Waals surface area contributed by atoms with E-state index in [1.54, 1.807) is 24.5 Å². The molecule has 0 aliphatic heterocycles. The van der Waals surface area contributed by atoms with Crippen LogP contribution in [0.4, 0.5) is 4.39 Å². The Kier molecular flexibility index (Phi) is 4.48. The third-order valence-corrected chi connectivity index (χ3v) is 4.15. The molecular weight excluding hydrogens is 325 g/mol. The Labute approximate surface area is 151 Å². The van der Waals surface area contributed by atoms with Gasteiger partial charge in [-0.1, -0.05) is 42.5 Å². The number of benzene rings is 2. The van der Waals surface area contributed by atoms with E-state index in [9.17, 15) is 4.39 Å². The summed E-state index contributed by atoms with van der Waals surface area (Å²) in [6.07, 6.45) is 5.95. The van der Waals surface area contributed by atoms with E-state index in [1.807, 2.05) is 36.5 Å². The minimum atomic E-state index is -0.263. The maximum atomic E-state index is 13.3. The van der Waals surface area contributed by atoms with Gasteiger partial charge in [0.1, 0.15) is 11.6 Å². The molecule has 2 heterocycles. The fraction of sp³-hybridized carbons (Fsp3) is 0.0455. The van der Waals surface area contributed by atoms with Gasteiger partial charge in [-0.05, 0) is 35.4 Å². The first-order valence-corrected chi connectivity index (χ1v) is 8.36. The Balaban J connectivity index is 1.80. The molecule has 2 aromatic carbocycles. The molecular formula is C22H16FN3. The van der Waals surface area contributed by atoms with E-state index in [4.69, 9.17) is 4.98 Å². The van der Waals surface area contributed by atoms with E-state index in [1.165, 1.54) is 12.1 Å². The van der Waals surface area contributed by atoms with E-state index in [-0.39, 0.29) is 5.82 Å². The monoisotopic (exact) mass is 341 g/mol. The maximum absolute atomic E-state index is 13.3. The van der Waals surface area contributed by atoms with Crippen molar-refractivity contribution in [2.45, 2.75) is 6.42 Å². The molecule has 0 bridgehead atoms. The molecule has 0 saturated carbocycles. The molecule has 4 rings (SSSR count). The van der Waals surface area contributed by atoms with Crippen LogP contribution in [0.15, 0.2) is 85.3 Å². The Morgan fingerprint density at radius 3 is 2.23 bits per heavy atom. The first-order chi connectivity index (χ1) is 12.8. The van der Waals surface area contributed by atoms with Gasteiger partial charge in [-0.2, -0.15) is 0 Å². The summed E-state index contributed by atoms with van der Waals surface area (Å²) in [7, 11) is 0. The predicted octanol–water partition coefficient (Wildman–Crippen LogP) is 4.94. The number of pyridine rings is 1. The van der Waals surface area contributed by atoms with Crippen molar-refractivity contribution in [3.05, 3.63) is 103 Å². The zero-order valence-corrected chi connectivity index (χ0v) is 14.0. The van der Waals surface area contributed by atoms with E-state index in [2.05, 4.69) is 22.1 Å². The van der Waals surface area contributed by atoms with Crippen molar-refractivity contribution in [3.8, 4) is 22.4 Å². The molecule has 0 fully saturated rings. The second-order valence-corrected chi connectivity index (χ2v) is 5.95. The van der Waals surface area contributed by atoms with Gasteiger partial charge in [0.15, 0.2) is 0 Å². The SMILES string of the molecule is Fc1ccc(-c2cnc(Cc3ccccc3)nc2-c2ccncc2)cc1. The zero-order chi connectivity index (χ0) is 17.8. The quantitative estimate of drug-likeness (QED) is 0.528. The molecule has 4 aromatic rings. The van der Waals surface area contributed by atoms with Gasteiger partial charge < -0.3 is 0 Å². The lowest BCUT2D eigenvalue weighted by molar-refractivity contribution is 0.628. The Morgan fingerprint density at radius 2 is 1.50 bits per heavy atom. The van der Waals surface area contributed by atoms with Crippen molar-refractivity contribution >= 4 is 0 Å². The molecule has 0 atom stereocenters. The first-order valence-electron chi connectivity index (χ1n) is 8.36. The van der Waals surface area contributed by atoms with Gasteiger partial charge in [-0.3, -0.25) is 4.98 Å². The number of rotatable bonds is 4. The summed E-state index contributed by atoms with van der Waals surface area (Å²) < 4.78 is 13.3. The molecule has 126 valence electrons. The summed E-state index contributed by atoms with van der Waals surface area (Å²) in [4.78, 5) is 13.4. The van der Waals surface area contributed by atoms with E-state index in [0.29, 0.717) is 6.42 Å². The van der Waals surface area contributed by atoms with Crippen LogP contribution in [-0.4, -0.2) is 15.0 Å². The summed E-state index contributed by atoms with van der Waals surface area (Å²) in [5.74, 6) is 0.481. The van der Waals surface area contributed by atoms with Gasteiger partial charge in [-0.15, -0.1) is 0 Å². The predicted molar refractivity (Wildman–Crippen MR) is 99.9 cm³/mol. The molecule has 0 aliphatic carbocycles. The molecule has 0 amide bonds. The minimum absolute atomic E-state index is 0.263. The molecule has 0 aliphatic rings. The van der Waals surface area contributed by atoms with Gasteiger partial charge in [0.25, 0.3) is 0 Å². The highest BCUT2D eigenvalue weighted by Crippen LogP contribution is 2.30. The summed E-state index contributed by atoms with van der Waals surface area (Å²) in [5.41, 5.74) is 4.68. The Hall–Kier alpha value is -3.40. The largest absolute Gasteiger partial charge is 0.265 e. The summed E-state index contributed by atoms with van der Waals surface area (Å²) >= 11 is 0. The fourth-order valence-corrected chi connectivity index (χ4v) is 2.85. The highest BCUT2D eigenvalue weighted by molar-refractivity contribution is 5.79. The third-order valence-electron chi connectivity index (χ3n) is 4.15. The topological polar surface area (TPSA) is 38.7 Å². The lowest BCUT2D eigenvalue weighted by atomic mass is 10.0. The normalized spacial score (nSPS) is 10.7. The standard InChI is InChI=1S/C22H16FN3/c23-19-8-6-17(7-9-19)20-15-25-21(14-16-4-2-1-3-5-16)26-22(20)18-10-12-24-13-11-18/h1-13,15H,14H2. The minimum Gasteiger partial charge on any atom is -0.265 e. The number of hydrogen-bond donors (Lipinski definition) is 0. The smallest absolute Gasteiger partial charge is 0.133 e. The Morgan fingerprint density at radius 1 is 0.769 bits per heavy atom. The summed E-state index contributed by atoms with van der Waals surface area (Å²) in [6.45, 7) is 0. The van der Waals surface area contributed by atoms with Crippen LogP contribution in [0.2, 0.25) is 0 Å². The molecule has 0 unspecified atom stereocenters. The second-order valence-electron chi connectivity index (χ2n) is 5.95. The number of aromatic nitrogens is 3. The summed E-state index contributed by atoms with van der Waals surface area (Å²) in [5, 5.41) is 0. The van der Waals surface area contributed by atoms with E-state index >= 15 is 0 Å². The lowest BCUT2D eigenvalue weighted by Crippen LogP contribution is -2.00. The Bertz CT molecular complexity index is 1000. The zero-order valence-electron chi connectivity index (χ0n) is 14.0. The average Bonchev–Trinajstić information content (AvgIpc) is 2.70. The molecule has 3 nitrogen and oxygen atoms in total. The van der Waals surface area contributed by atoms with Crippen molar-refractivity contribution in [2.24, 2.45) is 0 Å². The van der Waals surface area contributed by atoms with Crippen LogP contribution in [-0.2, 0) is 6.42 Å². The maximum Gasteiger partial charge on any atom is 0.133 e. The second kappa shape index (κ2) is 7.23. The van der Waals surface area contributed by atoms with E-state index < -0.39 is 0 Å². The van der Waals surface area contributed by atoms with Gasteiger partial charge in [0.2, 0.25) is 0 Å².